The van der Waals surface area contributed by atoms with Crippen LogP contribution in [-0.4, -0.2) is 35.9 Å². The Bertz CT molecular complexity index is 297. The highest BCUT2D eigenvalue weighted by Gasteiger charge is 2.34. The Labute approximate surface area is 96.4 Å². The van der Waals surface area contributed by atoms with Crippen molar-refractivity contribution in [3.63, 3.8) is 0 Å². The molecule has 0 rings (SSSR count). The second-order valence-electron chi connectivity index (χ2n) is 4.58. The van der Waals surface area contributed by atoms with Gasteiger partial charge in [-0.25, -0.2) is 9.59 Å². The Morgan fingerprint density at radius 3 is 2.00 bits per heavy atom. The first-order chi connectivity index (χ1) is 7.43. The van der Waals surface area contributed by atoms with Crippen LogP contribution in [0.2, 0.25) is 0 Å². The van der Waals surface area contributed by atoms with E-state index in [0.29, 0.717) is 0 Å². The summed E-state index contributed by atoms with van der Waals surface area (Å²) < 4.78 is 35.4. The number of carbonyl (C=O) groups is 2. The van der Waals surface area contributed by atoms with Crippen molar-refractivity contribution < 1.29 is 27.9 Å². The maximum atomic E-state index is 11.8. The summed E-state index contributed by atoms with van der Waals surface area (Å²) in [6, 6.07) is -2.43. The van der Waals surface area contributed by atoms with Gasteiger partial charge in [-0.1, -0.05) is 20.8 Å². The van der Waals surface area contributed by atoms with Crippen LogP contribution in [0.3, 0.4) is 0 Å². The van der Waals surface area contributed by atoms with E-state index >= 15 is 0 Å². The molecule has 0 aliphatic carbocycles. The molecule has 5 nitrogen and oxygen atoms in total. The summed E-state index contributed by atoms with van der Waals surface area (Å²) in [5.41, 5.74) is -0.804. The van der Waals surface area contributed by atoms with Crippen LogP contribution in [0.5, 0.6) is 0 Å². The van der Waals surface area contributed by atoms with Crippen LogP contribution < -0.4 is 10.6 Å². The van der Waals surface area contributed by atoms with Gasteiger partial charge < -0.3 is 15.7 Å². The van der Waals surface area contributed by atoms with E-state index in [4.69, 9.17) is 5.11 Å². The first-order valence-corrected chi connectivity index (χ1v) is 4.77. The van der Waals surface area contributed by atoms with Crippen LogP contribution in [-0.2, 0) is 4.79 Å². The fourth-order valence-electron chi connectivity index (χ4n) is 1.01. The molecule has 0 unspecified atom stereocenters. The van der Waals surface area contributed by atoms with E-state index < -0.39 is 36.2 Å². The van der Waals surface area contributed by atoms with E-state index in [2.05, 4.69) is 0 Å². The number of aliphatic carboxylic acids is 1. The van der Waals surface area contributed by atoms with E-state index in [9.17, 15) is 22.8 Å². The zero-order valence-electron chi connectivity index (χ0n) is 9.68. The van der Waals surface area contributed by atoms with Crippen molar-refractivity contribution in [3.8, 4) is 0 Å². The van der Waals surface area contributed by atoms with E-state index in [1.807, 2.05) is 5.32 Å². The number of carboxylic acids is 1. The highest BCUT2D eigenvalue weighted by Crippen LogP contribution is 2.19. The van der Waals surface area contributed by atoms with E-state index in [1.54, 1.807) is 26.1 Å². The zero-order chi connectivity index (χ0) is 13.9. The summed E-state index contributed by atoms with van der Waals surface area (Å²) >= 11 is 0. The van der Waals surface area contributed by atoms with Crippen molar-refractivity contribution >= 4 is 12.0 Å². The van der Waals surface area contributed by atoms with E-state index in [0.717, 1.165) is 0 Å². The molecule has 1 atom stereocenters. The van der Waals surface area contributed by atoms with Gasteiger partial charge >= 0.3 is 18.2 Å². The molecule has 0 spiro atoms. The third-order valence-electron chi connectivity index (χ3n) is 1.84. The Morgan fingerprint density at radius 2 is 1.71 bits per heavy atom. The highest BCUT2D eigenvalue weighted by molar-refractivity contribution is 5.83. The number of hydrogen-bond acceptors (Lipinski definition) is 2. The van der Waals surface area contributed by atoms with Crippen molar-refractivity contribution in [2.75, 3.05) is 6.54 Å². The quantitative estimate of drug-likeness (QED) is 0.713. The SMILES string of the molecule is CC(C)(C)[C@@H](NC(=O)NCC(F)(F)F)C(=O)O. The molecule has 8 heteroatoms. The lowest BCUT2D eigenvalue weighted by atomic mass is 9.87. The molecule has 0 aromatic rings. The number of alkyl halides is 3. The molecule has 0 aromatic heterocycles. The second kappa shape index (κ2) is 5.24. The molecule has 0 saturated carbocycles. The number of urea groups is 1. The van der Waals surface area contributed by atoms with Gasteiger partial charge in [0, 0.05) is 0 Å². The van der Waals surface area contributed by atoms with Gasteiger partial charge in [-0.3, -0.25) is 0 Å². The highest BCUT2D eigenvalue weighted by atomic mass is 19.4. The third-order valence-corrected chi connectivity index (χ3v) is 1.84. The van der Waals surface area contributed by atoms with Gasteiger partial charge in [0.1, 0.15) is 12.6 Å². The summed E-state index contributed by atoms with van der Waals surface area (Å²) in [6.07, 6.45) is -4.53. The topological polar surface area (TPSA) is 78.4 Å². The molecule has 0 aliphatic rings. The molecular weight excluding hydrogens is 241 g/mol. The van der Waals surface area contributed by atoms with Crippen molar-refractivity contribution in [2.24, 2.45) is 5.41 Å². The van der Waals surface area contributed by atoms with Gasteiger partial charge in [-0.2, -0.15) is 13.2 Å². The molecule has 0 bridgehead atoms. The molecule has 17 heavy (non-hydrogen) atoms. The van der Waals surface area contributed by atoms with Gasteiger partial charge in [0.15, 0.2) is 0 Å². The van der Waals surface area contributed by atoms with Crippen LogP contribution in [0.1, 0.15) is 20.8 Å². The van der Waals surface area contributed by atoms with Crippen molar-refractivity contribution in [1.29, 1.82) is 0 Å². The van der Waals surface area contributed by atoms with E-state index in [1.165, 1.54) is 0 Å². The minimum Gasteiger partial charge on any atom is -0.480 e. The van der Waals surface area contributed by atoms with E-state index in [-0.39, 0.29) is 0 Å². The average Bonchev–Trinajstić information content (AvgIpc) is 2.07. The lowest BCUT2D eigenvalue weighted by molar-refractivity contribution is -0.141. The van der Waals surface area contributed by atoms with Crippen molar-refractivity contribution in [3.05, 3.63) is 0 Å². The first kappa shape index (κ1) is 15.5. The predicted octanol–water partition coefficient (Wildman–Crippen LogP) is 1.35. The summed E-state index contributed by atoms with van der Waals surface area (Å²) in [5.74, 6) is -1.31. The molecule has 2 amide bonds. The minimum atomic E-state index is -4.53. The number of rotatable bonds is 3. The van der Waals surface area contributed by atoms with Crippen LogP contribution in [0, 0.1) is 5.41 Å². The fraction of sp³-hybridized carbons (Fsp3) is 0.778. The Morgan fingerprint density at radius 1 is 1.24 bits per heavy atom. The molecule has 0 aliphatic heterocycles. The van der Waals surface area contributed by atoms with Crippen molar-refractivity contribution in [1.82, 2.24) is 10.6 Å². The Hall–Kier alpha value is -1.47. The lowest BCUT2D eigenvalue weighted by Crippen LogP contribution is -2.53. The predicted molar refractivity (Wildman–Crippen MR) is 53.5 cm³/mol. The maximum Gasteiger partial charge on any atom is 0.405 e. The Kier molecular flexibility index (Phi) is 4.79. The maximum absolute atomic E-state index is 11.8. The number of halogens is 3. The minimum absolute atomic E-state index is 0.804. The standard InChI is InChI=1S/C9H15F3N2O3/c1-8(2,3)5(6(15)16)14-7(17)13-4-9(10,11)12/h5H,4H2,1-3H3,(H,15,16)(H2,13,14,17)/t5-/m0/s1. The van der Waals surface area contributed by atoms with Gasteiger partial charge in [0.2, 0.25) is 0 Å². The smallest absolute Gasteiger partial charge is 0.405 e. The van der Waals surface area contributed by atoms with Crippen molar-refractivity contribution in [2.45, 2.75) is 33.0 Å². The lowest BCUT2D eigenvalue weighted by Gasteiger charge is -2.27. The number of hydrogen-bond donors (Lipinski definition) is 3. The van der Waals surface area contributed by atoms with Crippen LogP contribution in [0.4, 0.5) is 18.0 Å². The Balaban J connectivity index is 4.39. The average molecular weight is 256 g/mol. The molecule has 0 radical (unpaired) electrons. The molecule has 0 saturated heterocycles. The second-order valence-corrected chi connectivity index (χ2v) is 4.58. The first-order valence-electron chi connectivity index (χ1n) is 4.77. The zero-order valence-corrected chi connectivity index (χ0v) is 9.68. The summed E-state index contributed by atoms with van der Waals surface area (Å²) in [4.78, 5) is 21.9. The van der Waals surface area contributed by atoms with Crippen LogP contribution >= 0.6 is 0 Å². The summed E-state index contributed by atoms with van der Waals surface area (Å²) in [6.45, 7) is 3.15. The van der Waals surface area contributed by atoms with Crippen LogP contribution in [0.15, 0.2) is 0 Å². The molecule has 0 heterocycles. The molecule has 0 fully saturated rings. The van der Waals surface area contributed by atoms with Gasteiger partial charge in [0.25, 0.3) is 0 Å². The molecular formula is C9H15F3N2O3. The normalized spacial score (nSPS) is 14.0. The monoisotopic (exact) mass is 256 g/mol. The fourth-order valence-corrected chi connectivity index (χ4v) is 1.01. The summed E-state index contributed by atoms with van der Waals surface area (Å²) in [7, 11) is 0. The van der Waals surface area contributed by atoms with Crippen LogP contribution in [0.25, 0.3) is 0 Å². The number of carboxylic acid groups (broad SMARTS) is 1. The molecule has 100 valence electrons. The summed E-state index contributed by atoms with van der Waals surface area (Å²) in [5, 5.41) is 12.3. The van der Waals surface area contributed by atoms with Gasteiger partial charge in [0.05, 0.1) is 0 Å². The third kappa shape index (κ3) is 6.64. The molecule has 0 aromatic carbocycles. The number of carbonyl (C=O) groups excluding carboxylic acids is 1. The molecule has 3 N–H and O–H groups in total. The van der Waals surface area contributed by atoms with Gasteiger partial charge in [-0.05, 0) is 5.41 Å². The number of amides is 2. The largest absolute Gasteiger partial charge is 0.480 e. The number of nitrogens with one attached hydrogen (secondary N) is 2. The van der Waals surface area contributed by atoms with Gasteiger partial charge in [-0.15, -0.1) is 0 Å².